The summed E-state index contributed by atoms with van der Waals surface area (Å²) < 4.78 is 64.6. The third-order valence-corrected chi connectivity index (χ3v) is 8.62. The van der Waals surface area contributed by atoms with Gasteiger partial charge in [-0.1, -0.05) is 75.8 Å². The number of ether oxygens (including phenoxy) is 11. The quantitative estimate of drug-likeness (QED) is 0.103. The molecule has 19 nitrogen and oxygen atoms in total. The topological polar surface area (TPSA) is 238 Å². The Morgan fingerprint density at radius 2 is 0.966 bits per heavy atom. The second-order valence-corrected chi connectivity index (χ2v) is 15.8. The number of carbonyl (C=O) groups is 8. The van der Waals surface area contributed by atoms with Gasteiger partial charge >= 0.3 is 47.8 Å². The molecule has 0 radical (unpaired) electrons. The average molecular weight is 845 g/mol. The summed E-state index contributed by atoms with van der Waals surface area (Å²) in [5.41, 5.74) is -0.140. The zero-order valence-corrected chi connectivity index (χ0v) is 36.1. The lowest BCUT2D eigenvalue weighted by Crippen LogP contribution is -2.66. The first-order chi connectivity index (χ1) is 27.3. The van der Waals surface area contributed by atoms with Crippen LogP contribution in [0.15, 0.2) is 12.2 Å². The molecule has 2 aliphatic heterocycles. The molecule has 2 saturated heterocycles. The Kier molecular flexibility index (Phi) is 18.9. The number of rotatable bonds is 19. The van der Waals surface area contributed by atoms with Crippen LogP contribution < -0.4 is 0 Å². The molecular formula is C40H60O19. The van der Waals surface area contributed by atoms with E-state index in [4.69, 9.17) is 52.1 Å². The molecule has 334 valence electrons. The van der Waals surface area contributed by atoms with Gasteiger partial charge in [0.2, 0.25) is 12.1 Å². The first-order valence-corrected chi connectivity index (χ1v) is 19.4. The van der Waals surface area contributed by atoms with Crippen LogP contribution in [0.1, 0.15) is 90.0 Å². The Balaban J connectivity index is 3.02. The number of hydrogen-bond acceptors (Lipinski definition) is 19. The SMILES string of the molecule is C=C(C)C(=O)OC1[C@@H](O[C@@]2(COC(C)=O)O[C@H](COC(=O)C(C)C)C(OC(=O)C(C)C)[C@H]2OC(=O)C(C)C)OC(COC(C)=O)[C@@H](OC(=O)C(C)C)[C@@H]1OC(=O)C(C)C. The third-order valence-electron chi connectivity index (χ3n) is 8.62. The monoisotopic (exact) mass is 844 g/mol. The first kappa shape index (κ1) is 50.5. The fourth-order valence-corrected chi connectivity index (χ4v) is 5.24. The van der Waals surface area contributed by atoms with Crippen LogP contribution in [0.5, 0.6) is 0 Å². The molecule has 0 bridgehead atoms. The Morgan fingerprint density at radius 3 is 1.42 bits per heavy atom. The minimum absolute atomic E-state index is 0.140. The van der Waals surface area contributed by atoms with Gasteiger partial charge in [0.25, 0.3) is 0 Å². The van der Waals surface area contributed by atoms with E-state index in [-0.39, 0.29) is 5.57 Å². The van der Waals surface area contributed by atoms with Gasteiger partial charge < -0.3 is 52.1 Å². The normalized spacial score (nSPS) is 26.6. The van der Waals surface area contributed by atoms with E-state index in [1.54, 1.807) is 13.8 Å². The summed E-state index contributed by atoms with van der Waals surface area (Å²) in [6, 6.07) is 0. The molecular weight excluding hydrogens is 784 g/mol. The lowest BCUT2D eigenvalue weighted by molar-refractivity contribution is -0.384. The minimum Gasteiger partial charge on any atom is -0.463 e. The molecule has 9 atom stereocenters. The molecule has 0 spiro atoms. The van der Waals surface area contributed by atoms with Gasteiger partial charge in [-0.15, -0.1) is 0 Å². The summed E-state index contributed by atoms with van der Waals surface area (Å²) in [6.07, 6.45) is -13.8. The van der Waals surface area contributed by atoms with Crippen molar-refractivity contribution in [2.75, 3.05) is 19.8 Å². The predicted octanol–water partition coefficient (Wildman–Crippen LogP) is 2.91. The molecule has 3 unspecified atom stereocenters. The standard InChI is InChI=1S/C40H60O19/c1-18(2)33(43)50-16-27-29(54-35(45)20(5)6)32(57-38(48)23(11)12)40(58-27,17-51-25(14)42)59-39-31(56-37(47)22(9)10)30(55-36(46)21(7)8)28(53-34(44)19(3)4)26(52-39)15-49-24(13)41/h18-21,23,26-32,39H,9,15-17H2,1-8,10-14H3/t26?,27-,28-,29?,30+,31?,32-,39-,40-/m1/s1. The van der Waals surface area contributed by atoms with Gasteiger partial charge in [0.1, 0.15) is 32.0 Å². The van der Waals surface area contributed by atoms with Crippen molar-refractivity contribution in [3.63, 3.8) is 0 Å². The van der Waals surface area contributed by atoms with Crippen LogP contribution in [0, 0.1) is 29.6 Å². The van der Waals surface area contributed by atoms with E-state index in [1.165, 1.54) is 62.3 Å². The first-order valence-electron chi connectivity index (χ1n) is 19.4. The van der Waals surface area contributed by atoms with Gasteiger partial charge in [0, 0.05) is 19.4 Å². The molecule has 19 heteroatoms. The van der Waals surface area contributed by atoms with Gasteiger partial charge in [-0.25, -0.2) is 4.79 Å². The summed E-state index contributed by atoms with van der Waals surface area (Å²) in [5.74, 6) is -13.0. The molecule has 0 aromatic carbocycles. The summed E-state index contributed by atoms with van der Waals surface area (Å²) >= 11 is 0. The van der Waals surface area contributed by atoms with Gasteiger partial charge in [0.15, 0.2) is 30.5 Å². The maximum Gasteiger partial charge on any atom is 0.333 e. The van der Waals surface area contributed by atoms with E-state index in [2.05, 4.69) is 6.58 Å². The van der Waals surface area contributed by atoms with Crippen molar-refractivity contribution in [1.29, 1.82) is 0 Å². The zero-order valence-electron chi connectivity index (χ0n) is 36.1. The molecule has 0 aliphatic carbocycles. The van der Waals surface area contributed by atoms with Crippen LogP contribution in [0.3, 0.4) is 0 Å². The highest BCUT2D eigenvalue weighted by atomic mass is 16.8. The highest BCUT2D eigenvalue weighted by Crippen LogP contribution is 2.42. The smallest absolute Gasteiger partial charge is 0.333 e. The Morgan fingerprint density at radius 1 is 0.525 bits per heavy atom. The fraction of sp³-hybridized carbons (Fsp3) is 0.750. The summed E-state index contributed by atoms with van der Waals surface area (Å²) in [6.45, 7) is 20.2. The maximum atomic E-state index is 13.4. The highest BCUT2D eigenvalue weighted by Gasteiger charge is 2.65. The summed E-state index contributed by atoms with van der Waals surface area (Å²) in [7, 11) is 0. The van der Waals surface area contributed by atoms with Gasteiger partial charge in [-0.3, -0.25) is 33.6 Å². The van der Waals surface area contributed by atoms with E-state index in [0.717, 1.165) is 13.8 Å². The molecule has 59 heavy (non-hydrogen) atoms. The average Bonchev–Trinajstić information content (AvgIpc) is 3.40. The fourth-order valence-electron chi connectivity index (χ4n) is 5.24. The van der Waals surface area contributed by atoms with Crippen LogP contribution >= 0.6 is 0 Å². The van der Waals surface area contributed by atoms with Crippen LogP contribution in [-0.2, 0) is 90.5 Å². The van der Waals surface area contributed by atoms with Crippen molar-refractivity contribution in [2.45, 2.75) is 145 Å². The molecule has 0 N–H and O–H groups in total. The molecule has 2 rings (SSSR count). The zero-order chi connectivity index (χ0) is 45.1. The second kappa shape index (κ2) is 22.1. The van der Waals surface area contributed by atoms with Crippen molar-refractivity contribution >= 4 is 47.8 Å². The lowest BCUT2D eigenvalue weighted by atomic mass is 9.97. The molecule has 2 aliphatic rings. The largest absolute Gasteiger partial charge is 0.463 e. The third kappa shape index (κ3) is 14.3. The minimum atomic E-state index is -2.56. The van der Waals surface area contributed by atoms with Crippen molar-refractivity contribution in [3.8, 4) is 0 Å². The molecule has 0 aromatic heterocycles. The van der Waals surface area contributed by atoms with Crippen LogP contribution in [0.4, 0.5) is 0 Å². The van der Waals surface area contributed by atoms with Crippen molar-refractivity contribution in [1.82, 2.24) is 0 Å². The maximum absolute atomic E-state index is 13.4. The number of hydrogen-bond donors (Lipinski definition) is 0. The molecule has 0 saturated carbocycles. The van der Waals surface area contributed by atoms with Crippen molar-refractivity contribution in [2.24, 2.45) is 29.6 Å². The van der Waals surface area contributed by atoms with E-state index in [9.17, 15) is 38.4 Å². The van der Waals surface area contributed by atoms with Crippen LogP contribution in [0.2, 0.25) is 0 Å². The van der Waals surface area contributed by atoms with Gasteiger partial charge in [-0.2, -0.15) is 0 Å². The predicted molar refractivity (Wildman–Crippen MR) is 200 cm³/mol. The Labute approximate surface area is 344 Å². The molecule has 2 fully saturated rings. The molecule has 0 amide bonds. The highest BCUT2D eigenvalue weighted by molar-refractivity contribution is 5.87. The molecule has 2 heterocycles. The number of esters is 8. The number of carbonyl (C=O) groups excluding carboxylic acids is 8. The van der Waals surface area contributed by atoms with E-state index in [0.29, 0.717) is 0 Å². The Hall–Kier alpha value is -4.62. The van der Waals surface area contributed by atoms with Crippen molar-refractivity contribution in [3.05, 3.63) is 12.2 Å². The van der Waals surface area contributed by atoms with E-state index in [1.807, 2.05) is 0 Å². The van der Waals surface area contributed by atoms with E-state index >= 15 is 0 Å². The Bertz CT molecular complexity index is 1550. The second-order valence-electron chi connectivity index (χ2n) is 15.8. The van der Waals surface area contributed by atoms with Gasteiger partial charge in [0.05, 0.1) is 29.6 Å². The van der Waals surface area contributed by atoms with Gasteiger partial charge in [-0.05, 0) is 6.92 Å². The van der Waals surface area contributed by atoms with Crippen LogP contribution in [-0.4, -0.2) is 122 Å². The molecule has 0 aromatic rings. The van der Waals surface area contributed by atoms with E-state index < -0.39 is 152 Å². The van der Waals surface area contributed by atoms with Crippen molar-refractivity contribution < 1.29 is 90.5 Å². The van der Waals surface area contributed by atoms with Crippen LogP contribution in [0.25, 0.3) is 0 Å². The summed E-state index contributed by atoms with van der Waals surface area (Å²) in [5, 5.41) is 0. The lowest BCUT2D eigenvalue weighted by Gasteiger charge is -2.47. The summed E-state index contributed by atoms with van der Waals surface area (Å²) in [4.78, 5) is 104.